The van der Waals surface area contributed by atoms with Crippen LogP contribution in [0.2, 0.25) is 0 Å². The lowest BCUT2D eigenvalue weighted by molar-refractivity contribution is -0.147. The Hall–Kier alpha value is -3.22. The number of carbonyl (C=O) groups is 3. The summed E-state index contributed by atoms with van der Waals surface area (Å²) >= 11 is 0. The van der Waals surface area contributed by atoms with Gasteiger partial charge in [0.1, 0.15) is 5.82 Å². The summed E-state index contributed by atoms with van der Waals surface area (Å²) in [4.78, 5) is 35.3. The van der Waals surface area contributed by atoms with Gasteiger partial charge in [0, 0.05) is 17.8 Å². The highest BCUT2D eigenvalue weighted by molar-refractivity contribution is 5.94. The van der Waals surface area contributed by atoms with E-state index in [0.717, 1.165) is 12.0 Å². The Morgan fingerprint density at radius 1 is 0.926 bits per heavy atom. The first-order valence-electron chi connectivity index (χ1n) is 8.56. The number of nitrogens with one attached hydrogen (secondary N) is 2. The summed E-state index contributed by atoms with van der Waals surface area (Å²) in [5.74, 6) is -1.90. The van der Waals surface area contributed by atoms with Crippen molar-refractivity contribution in [3.8, 4) is 0 Å². The van der Waals surface area contributed by atoms with Crippen LogP contribution in [0.4, 0.5) is 15.8 Å². The van der Waals surface area contributed by atoms with Crippen molar-refractivity contribution in [2.24, 2.45) is 0 Å². The topological polar surface area (TPSA) is 84.5 Å². The van der Waals surface area contributed by atoms with Crippen molar-refractivity contribution < 1.29 is 23.5 Å². The monoisotopic (exact) mass is 372 g/mol. The van der Waals surface area contributed by atoms with Crippen LogP contribution in [0, 0.1) is 5.82 Å². The van der Waals surface area contributed by atoms with Crippen LogP contribution in [-0.4, -0.2) is 24.4 Å². The second-order valence-corrected chi connectivity index (χ2v) is 5.77. The highest BCUT2D eigenvalue weighted by atomic mass is 19.1. The highest BCUT2D eigenvalue weighted by Crippen LogP contribution is 2.15. The Morgan fingerprint density at radius 2 is 1.63 bits per heavy atom. The van der Waals surface area contributed by atoms with Crippen molar-refractivity contribution in [3.05, 3.63) is 59.9 Å². The normalized spacial score (nSPS) is 10.1. The SMILES string of the molecule is CCc1ccccc1NC(=O)COC(=O)CCC(=O)Nc1ccc(F)cc1. The maximum absolute atomic E-state index is 12.8. The van der Waals surface area contributed by atoms with Gasteiger partial charge in [-0.05, 0) is 42.3 Å². The number of esters is 1. The maximum Gasteiger partial charge on any atom is 0.306 e. The average Bonchev–Trinajstić information content (AvgIpc) is 2.67. The molecule has 2 aromatic rings. The first kappa shape index (κ1) is 20.1. The fourth-order valence-electron chi connectivity index (χ4n) is 2.33. The van der Waals surface area contributed by atoms with Crippen molar-refractivity contribution in [1.29, 1.82) is 0 Å². The molecule has 0 spiro atoms. The minimum Gasteiger partial charge on any atom is -0.456 e. The zero-order valence-corrected chi connectivity index (χ0v) is 15.0. The lowest BCUT2D eigenvalue weighted by Gasteiger charge is -2.10. The number of ether oxygens (including phenoxy) is 1. The fourth-order valence-corrected chi connectivity index (χ4v) is 2.33. The number of amides is 2. The van der Waals surface area contributed by atoms with Gasteiger partial charge in [0.15, 0.2) is 6.61 Å². The predicted octanol–water partition coefficient (Wildman–Crippen LogP) is 3.29. The molecule has 2 N–H and O–H groups in total. The molecule has 142 valence electrons. The van der Waals surface area contributed by atoms with E-state index in [9.17, 15) is 18.8 Å². The van der Waals surface area contributed by atoms with E-state index >= 15 is 0 Å². The summed E-state index contributed by atoms with van der Waals surface area (Å²) in [6.45, 7) is 1.55. The summed E-state index contributed by atoms with van der Waals surface area (Å²) in [5, 5.41) is 5.23. The molecule has 0 saturated heterocycles. The van der Waals surface area contributed by atoms with Crippen molar-refractivity contribution in [3.63, 3.8) is 0 Å². The van der Waals surface area contributed by atoms with Gasteiger partial charge in [-0.1, -0.05) is 25.1 Å². The Labute approximate surface area is 156 Å². The van der Waals surface area contributed by atoms with Gasteiger partial charge in [0.2, 0.25) is 5.91 Å². The number of rotatable bonds is 8. The molecule has 2 aromatic carbocycles. The maximum atomic E-state index is 12.8. The van der Waals surface area contributed by atoms with E-state index in [1.165, 1.54) is 24.3 Å². The number of benzene rings is 2. The van der Waals surface area contributed by atoms with E-state index < -0.39 is 30.2 Å². The van der Waals surface area contributed by atoms with E-state index in [2.05, 4.69) is 10.6 Å². The van der Waals surface area contributed by atoms with Crippen LogP contribution in [0.15, 0.2) is 48.5 Å². The van der Waals surface area contributed by atoms with Crippen LogP contribution in [-0.2, 0) is 25.5 Å². The molecule has 2 amide bonds. The van der Waals surface area contributed by atoms with Crippen molar-refractivity contribution in [2.45, 2.75) is 26.2 Å². The molecule has 0 radical (unpaired) electrons. The minimum absolute atomic E-state index is 0.101. The number of para-hydroxylation sites is 1. The molecule has 0 aliphatic carbocycles. The zero-order valence-electron chi connectivity index (χ0n) is 15.0. The summed E-state index contributed by atoms with van der Waals surface area (Å²) in [7, 11) is 0. The van der Waals surface area contributed by atoms with E-state index in [1.807, 2.05) is 19.1 Å². The molecule has 0 aliphatic rings. The van der Waals surface area contributed by atoms with Crippen LogP contribution in [0.5, 0.6) is 0 Å². The molecule has 0 bridgehead atoms. The molecular weight excluding hydrogens is 351 g/mol. The van der Waals surface area contributed by atoms with Gasteiger partial charge in [-0.15, -0.1) is 0 Å². The third-order valence-corrected chi connectivity index (χ3v) is 3.72. The van der Waals surface area contributed by atoms with Crippen LogP contribution in [0.25, 0.3) is 0 Å². The first-order valence-corrected chi connectivity index (χ1v) is 8.56. The summed E-state index contributed by atoms with van der Waals surface area (Å²) in [5.41, 5.74) is 2.10. The Morgan fingerprint density at radius 3 is 2.33 bits per heavy atom. The van der Waals surface area contributed by atoms with Crippen molar-refractivity contribution in [1.82, 2.24) is 0 Å². The van der Waals surface area contributed by atoms with E-state index in [1.54, 1.807) is 12.1 Å². The van der Waals surface area contributed by atoms with Gasteiger partial charge < -0.3 is 15.4 Å². The zero-order chi connectivity index (χ0) is 19.6. The summed E-state index contributed by atoms with van der Waals surface area (Å²) in [6.07, 6.45) is 0.502. The second kappa shape index (κ2) is 10.1. The third-order valence-electron chi connectivity index (χ3n) is 3.72. The number of hydrogen-bond acceptors (Lipinski definition) is 4. The molecule has 2 rings (SSSR count). The van der Waals surface area contributed by atoms with Gasteiger partial charge in [0.05, 0.1) is 6.42 Å². The molecule has 0 fully saturated rings. The summed E-state index contributed by atoms with van der Waals surface area (Å²) in [6, 6.07) is 12.7. The molecule has 0 aromatic heterocycles. The third kappa shape index (κ3) is 6.89. The lowest BCUT2D eigenvalue weighted by atomic mass is 10.1. The summed E-state index contributed by atoms with van der Waals surface area (Å²) < 4.78 is 17.7. The van der Waals surface area contributed by atoms with Crippen molar-refractivity contribution in [2.75, 3.05) is 17.2 Å². The number of aryl methyl sites for hydroxylation is 1. The van der Waals surface area contributed by atoms with Gasteiger partial charge in [-0.3, -0.25) is 14.4 Å². The number of anilines is 2. The molecule has 0 saturated carbocycles. The van der Waals surface area contributed by atoms with E-state index in [-0.39, 0.29) is 12.8 Å². The molecule has 0 unspecified atom stereocenters. The van der Waals surface area contributed by atoms with Crippen molar-refractivity contribution >= 4 is 29.2 Å². The highest BCUT2D eigenvalue weighted by Gasteiger charge is 2.12. The Balaban J connectivity index is 1.70. The quantitative estimate of drug-likeness (QED) is 0.697. The molecule has 0 atom stereocenters. The smallest absolute Gasteiger partial charge is 0.306 e. The second-order valence-electron chi connectivity index (χ2n) is 5.77. The fraction of sp³-hybridized carbons (Fsp3) is 0.250. The predicted molar refractivity (Wildman–Crippen MR) is 99.7 cm³/mol. The molecule has 0 heterocycles. The van der Waals surface area contributed by atoms with Gasteiger partial charge >= 0.3 is 5.97 Å². The molecule has 6 nitrogen and oxygen atoms in total. The average molecular weight is 372 g/mol. The Kier molecular flexibility index (Phi) is 7.49. The molecular formula is C20H21FN2O4. The van der Waals surface area contributed by atoms with Gasteiger partial charge in [0.25, 0.3) is 5.91 Å². The number of halogens is 1. The number of hydrogen-bond donors (Lipinski definition) is 2. The first-order chi connectivity index (χ1) is 13.0. The minimum atomic E-state index is -0.650. The van der Waals surface area contributed by atoms with Crippen LogP contribution in [0.1, 0.15) is 25.3 Å². The lowest BCUT2D eigenvalue weighted by Crippen LogP contribution is -2.22. The number of carbonyl (C=O) groups excluding carboxylic acids is 3. The molecule has 0 aliphatic heterocycles. The van der Waals surface area contributed by atoms with E-state index in [4.69, 9.17) is 4.74 Å². The van der Waals surface area contributed by atoms with Gasteiger partial charge in [-0.25, -0.2) is 4.39 Å². The standard InChI is InChI=1S/C20H21FN2O4/c1-2-14-5-3-4-6-17(14)23-19(25)13-27-20(26)12-11-18(24)22-16-9-7-15(21)8-10-16/h3-10H,2,11-13H2,1H3,(H,22,24)(H,23,25). The van der Waals surface area contributed by atoms with Crippen LogP contribution < -0.4 is 10.6 Å². The largest absolute Gasteiger partial charge is 0.456 e. The Bertz CT molecular complexity index is 806. The molecule has 7 heteroatoms. The van der Waals surface area contributed by atoms with E-state index in [0.29, 0.717) is 11.4 Å². The molecule has 27 heavy (non-hydrogen) atoms. The van der Waals surface area contributed by atoms with Crippen LogP contribution in [0.3, 0.4) is 0 Å². The van der Waals surface area contributed by atoms with Gasteiger partial charge in [-0.2, -0.15) is 0 Å². The van der Waals surface area contributed by atoms with Crippen LogP contribution >= 0.6 is 0 Å².